The molecule has 14 nitrogen and oxygen atoms in total. The molecule has 15 atom stereocenters. The summed E-state index contributed by atoms with van der Waals surface area (Å²) in [5, 5.41) is 91.1. The number of Topliss-reactive ketones (excluding diaryl/α,β-unsaturated/α-hetero) is 2. The minimum atomic E-state index is -2.33. The van der Waals surface area contributed by atoms with Gasteiger partial charge in [-0.15, -0.1) is 0 Å². The number of rotatable bonds is 8. The quantitative estimate of drug-likeness (QED) is 0.107. The Hall–Kier alpha value is -3.97. The van der Waals surface area contributed by atoms with Crippen LogP contribution in [-0.2, 0) is 22.6 Å². The summed E-state index contributed by atoms with van der Waals surface area (Å²) in [5.74, 6) is -2.69. The van der Waals surface area contributed by atoms with Crippen molar-refractivity contribution in [3.05, 3.63) is 111 Å². The van der Waals surface area contributed by atoms with Gasteiger partial charge in [0, 0.05) is 41.2 Å². The summed E-state index contributed by atoms with van der Waals surface area (Å²) in [4.78, 5) is 45.0. The third-order valence-corrected chi connectivity index (χ3v) is 23.6. The molecule has 16 heteroatoms. The Morgan fingerprint density at radius 2 is 1.74 bits per heavy atom. The van der Waals surface area contributed by atoms with Crippen LogP contribution in [0.4, 0.5) is 0 Å². The van der Waals surface area contributed by atoms with Crippen molar-refractivity contribution >= 4 is 39.4 Å². The number of carbonyl (C=O) groups excluding carboxylic acids is 3. The molecule has 4 spiro atoms. The van der Waals surface area contributed by atoms with Crippen LogP contribution in [0.3, 0.4) is 0 Å². The first-order chi connectivity index (χ1) is 35.7. The summed E-state index contributed by atoms with van der Waals surface area (Å²) >= 11 is 0. The van der Waals surface area contributed by atoms with E-state index in [9.17, 15) is 40.5 Å². The van der Waals surface area contributed by atoms with Crippen LogP contribution in [0.2, 0.25) is 0 Å². The lowest BCUT2D eigenvalue weighted by atomic mass is 9.46. The largest absolute Gasteiger partial charge is 0.511 e. The average Bonchev–Trinajstić information content (AvgIpc) is 4.04. The van der Waals surface area contributed by atoms with Gasteiger partial charge in [-0.3, -0.25) is 9.59 Å². The monoisotopic (exact) mass is 1050 g/mol. The molecule has 2 aromatic rings. The fraction of sp³-hybridized carbons (Fsp3) is 0.603. The van der Waals surface area contributed by atoms with Crippen LogP contribution in [0.5, 0.6) is 5.75 Å². The van der Waals surface area contributed by atoms with E-state index in [2.05, 4.69) is 16.7 Å². The third kappa shape index (κ3) is 6.80. The molecule has 0 amide bonds. The number of nitrogens with one attached hydrogen (secondary N) is 2. The molecule has 9 aliphatic carbocycles. The zero-order valence-electron chi connectivity index (χ0n) is 41.5. The topological polar surface area (TPSA) is 235 Å². The van der Waals surface area contributed by atoms with Crippen LogP contribution in [0.1, 0.15) is 115 Å². The van der Waals surface area contributed by atoms with E-state index in [0.717, 1.165) is 68.3 Å². The first-order valence-corrected chi connectivity index (χ1v) is 29.4. The number of ether oxygens (including phenoxy) is 2. The molecule has 3 aliphatic heterocycles. The molecule has 10 bridgehead atoms. The van der Waals surface area contributed by atoms with E-state index in [1.807, 2.05) is 24.3 Å². The van der Waals surface area contributed by atoms with Gasteiger partial charge in [-0.25, -0.2) is 0 Å². The molecule has 6 fully saturated rings. The van der Waals surface area contributed by atoms with Gasteiger partial charge < -0.3 is 60.6 Å². The summed E-state index contributed by atoms with van der Waals surface area (Å²) in [5.41, 5.74) is -2.66. The predicted molar refractivity (Wildman–Crippen MR) is 276 cm³/mol. The van der Waals surface area contributed by atoms with Gasteiger partial charge in [0.1, 0.15) is 46.6 Å². The van der Waals surface area contributed by atoms with Gasteiger partial charge in [-0.05, 0) is 152 Å². The molecule has 14 rings (SSSR count). The van der Waals surface area contributed by atoms with Gasteiger partial charge in [0.25, 0.3) is 0 Å². The number of aliphatic hydroxyl groups is 7. The number of hydrogen-bond donors (Lipinski definition) is 9. The Balaban J connectivity index is 0.976. The van der Waals surface area contributed by atoms with Crippen LogP contribution in [-0.4, -0.2) is 114 Å². The predicted octanol–water partition coefficient (Wildman–Crippen LogP) is 6.14. The highest BCUT2D eigenvalue weighted by molar-refractivity contribution is 8.76. The van der Waals surface area contributed by atoms with Crippen molar-refractivity contribution in [2.75, 3.05) is 25.6 Å². The zero-order valence-corrected chi connectivity index (χ0v) is 43.2. The van der Waals surface area contributed by atoms with E-state index < -0.39 is 75.8 Å². The number of carbonyl (C=O) groups is 3. The van der Waals surface area contributed by atoms with Crippen LogP contribution < -0.4 is 15.4 Å². The summed E-state index contributed by atoms with van der Waals surface area (Å²) in [6, 6.07) is 12.0. The molecule has 394 valence electrons. The number of aliphatic hydroxyl groups excluding tert-OH is 6. The third-order valence-electron chi connectivity index (χ3n) is 21.0. The number of aldehydes is 1. The number of fused-ring (bicyclic) bond motifs is 2. The van der Waals surface area contributed by atoms with Crippen molar-refractivity contribution in [3.63, 3.8) is 0 Å². The average molecular weight is 1050 g/mol. The maximum atomic E-state index is 16.1. The number of dihydropyridines is 1. The van der Waals surface area contributed by atoms with Crippen molar-refractivity contribution in [1.29, 1.82) is 0 Å². The summed E-state index contributed by atoms with van der Waals surface area (Å²) in [7, 11) is 2.82. The highest BCUT2D eigenvalue weighted by atomic mass is 33.1. The second-order valence-electron chi connectivity index (χ2n) is 24.4. The Morgan fingerprint density at radius 3 is 2.53 bits per heavy atom. The number of hydrogen-bond acceptors (Lipinski definition) is 16. The number of allylic oxidation sites excluding steroid dienone is 6. The Kier molecular flexibility index (Phi) is 11.9. The molecule has 15 unspecified atom stereocenters. The second kappa shape index (κ2) is 17.8. The van der Waals surface area contributed by atoms with Crippen molar-refractivity contribution in [2.45, 2.75) is 131 Å². The van der Waals surface area contributed by atoms with Gasteiger partial charge in [-0.2, -0.15) is 0 Å². The summed E-state index contributed by atoms with van der Waals surface area (Å²) in [6.45, 7) is -0.530. The second-order valence-corrected chi connectivity index (χ2v) is 26.9. The molecule has 9 N–H and O–H groups in total. The molecule has 3 heterocycles. The standard InChI is InChI=1S/C58H68N2O12S2/c61-13-5-10-44-57-41(16-33(17-43(57)65)15-31-6-3-7-32(14-31)25-62)47(66)38-8-4-9-42(46(38)49(57)67)71-51-50(68)58(70)48-35(21-55(29-64,72-51)52(58)69)18-34-19-36-23-54(27-53(11-1-2-12-53)22-37(54)26-63)28-56(36,48)40-20-45(59-24-39(34)40)60-30-73-74-44/h3-4,6-9,14,16-17,20,26,34-37,41,44,48,50-52,59-62,64-65,68-70H,1-2,5,10-13,15,18-19,21-25,27-30H2. The molecule has 0 aromatic heterocycles. The minimum absolute atomic E-state index is 0.0105. The van der Waals surface area contributed by atoms with E-state index in [-0.39, 0.29) is 89.6 Å². The van der Waals surface area contributed by atoms with Gasteiger partial charge in [0.05, 0.1) is 36.4 Å². The van der Waals surface area contributed by atoms with E-state index in [1.54, 1.807) is 24.3 Å². The molecular formula is C58H68N2O12S2. The van der Waals surface area contributed by atoms with Gasteiger partial charge in [0.15, 0.2) is 11.6 Å². The Labute approximate surface area is 438 Å². The first kappa shape index (κ1) is 49.6. The first-order valence-electron chi connectivity index (χ1n) is 27.1. The molecule has 12 aliphatic rings. The van der Waals surface area contributed by atoms with E-state index in [1.165, 1.54) is 39.5 Å². The normalized spacial score (nSPS) is 42.2. The Morgan fingerprint density at radius 1 is 0.932 bits per heavy atom. The summed E-state index contributed by atoms with van der Waals surface area (Å²) in [6.07, 6.45) is 11.4. The maximum absolute atomic E-state index is 16.1. The molecule has 74 heavy (non-hydrogen) atoms. The van der Waals surface area contributed by atoms with E-state index in [0.29, 0.717) is 42.8 Å². The highest BCUT2D eigenvalue weighted by Gasteiger charge is 2.79. The van der Waals surface area contributed by atoms with Gasteiger partial charge >= 0.3 is 0 Å². The van der Waals surface area contributed by atoms with Crippen molar-refractivity contribution in [3.8, 4) is 5.75 Å². The van der Waals surface area contributed by atoms with Crippen LogP contribution in [0, 0.1) is 57.2 Å². The molecule has 2 aromatic carbocycles. The molecule has 1 saturated heterocycles. The smallest absolute Gasteiger partial charge is 0.229 e. The Bertz CT molecular complexity index is 2830. The highest BCUT2D eigenvalue weighted by Crippen LogP contribution is 2.79. The lowest BCUT2D eigenvalue weighted by molar-refractivity contribution is -0.392. The van der Waals surface area contributed by atoms with Crippen molar-refractivity contribution in [1.82, 2.24) is 10.6 Å². The fourth-order valence-electron chi connectivity index (χ4n) is 18.4. The fourth-order valence-corrected chi connectivity index (χ4v) is 21.2. The van der Waals surface area contributed by atoms with Crippen LogP contribution in [0.15, 0.2) is 89.0 Å². The lowest BCUT2D eigenvalue weighted by Crippen LogP contribution is -2.81. The maximum Gasteiger partial charge on any atom is 0.229 e. The number of benzene rings is 2. The van der Waals surface area contributed by atoms with Gasteiger partial charge in [-0.1, -0.05) is 76.9 Å². The molecule has 5 saturated carbocycles. The molecular weight excluding hydrogens is 981 g/mol. The van der Waals surface area contributed by atoms with Crippen molar-refractivity contribution < 1.29 is 59.6 Å². The zero-order chi connectivity index (χ0) is 51.2. The SMILES string of the molecule is O=CC1CC2(CCCC2)CC12CC1CC3CC4CC5(CO)OC6Oc7cccc8c7C(=O)C7(C(O)=CC(Cc9cccc(CO)c9)=CC7C8=O)C(CCCO)SSCNC7=CC(=C3CN7)C1(C2)C4C(O)(C6O)C5O. The van der Waals surface area contributed by atoms with E-state index >= 15 is 9.59 Å². The lowest BCUT2D eigenvalue weighted by Gasteiger charge is -2.65. The number of ketones is 2. The minimum Gasteiger partial charge on any atom is -0.511 e. The van der Waals surface area contributed by atoms with Gasteiger partial charge in [0.2, 0.25) is 6.29 Å². The van der Waals surface area contributed by atoms with Crippen LogP contribution in [0.25, 0.3) is 0 Å². The van der Waals surface area contributed by atoms with Crippen molar-refractivity contribution in [2.24, 2.45) is 57.2 Å². The van der Waals surface area contributed by atoms with E-state index in [4.69, 9.17) is 9.47 Å². The molecule has 0 radical (unpaired) electrons. The summed E-state index contributed by atoms with van der Waals surface area (Å²) < 4.78 is 13.5. The van der Waals surface area contributed by atoms with Crippen LogP contribution >= 0.6 is 21.6 Å².